The van der Waals surface area contributed by atoms with Gasteiger partial charge in [-0.1, -0.05) is 35.0 Å². The molecular formula is C15H19BrN2S. The molecule has 0 radical (unpaired) electrons. The third-order valence-corrected chi connectivity index (χ3v) is 4.34. The monoisotopic (exact) mass is 338 g/mol. The van der Waals surface area contributed by atoms with Crippen LogP contribution in [0.1, 0.15) is 17.5 Å². The van der Waals surface area contributed by atoms with Crippen LogP contribution in [0.5, 0.6) is 0 Å². The Balaban J connectivity index is 2.00. The van der Waals surface area contributed by atoms with E-state index in [1.807, 2.05) is 6.20 Å². The first-order chi connectivity index (χ1) is 9.28. The highest BCUT2D eigenvalue weighted by molar-refractivity contribution is 9.10. The first-order valence-corrected chi connectivity index (χ1v) is 8.28. The van der Waals surface area contributed by atoms with Crippen LogP contribution in [0.2, 0.25) is 0 Å². The smallest absolute Gasteiger partial charge is 0.0928 e. The Morgan fingerprint density at radius 2 is 2.26 bits per heavy atom. The van der Waals surface area contributed by atoms with Crippen molar-refractivity contribution in [3.05, 3.63) is 50.9 Å². The Labute approximate surface area is 127 Å². The third-order valence-electron chi connectivity index (χ3n) is 3.04. The van der Waals surface area contributed by atoms with Gasteiger partial charge < -0.3 is 5.32 Å². The normalized spacial score (nSPS) is 12.5. The van der Waals surface area contributed by atoms with E-state index in [1.165, 1.54) is 10.6 Å². The van der Waals surface area contributed by atoms with Crippen molar-refractivity contribution in [2.24, 2.45) is 5.92 Å². The van der Waals surface area contributed by atoms with Crippen molar-refractivity contribution >= 4 is 27.3 Å². The van der Waals surface area contributed by atoms with Gasteiger partial charge in [-0.05, 0) is 43.1 Å². The van der Waals surface area contributed by atoms with Gasteiger partial charge in [0.2, 0.25) is 0 Å². The summed E-state index contributed by atoms with van der Waals surface area (Å²) in [6, 6.07) is 8.59. The molecule has 2 aromatic rings. The number of hydrogen-bond acceptors (Lipinski definition) is 3. The lowest BCUT2D eigenvalue weighted by molar-refractivity contribution is 0.477. The lowest BCUT2D eigenvalue weighted by Crippen LogP contribution is -2.25. The van der Waals surface area contributed by atoms with E-state index in [-0.39, 0.29) is 0 Å². The van der Waals surface area contributed by atoms with Crippen molar-refractivity contribution < 1.29 is 0 Å². The summed E-state index contributed by atoms with van der Waals surface area (Å²) in [6.07, 6.45) is 4.03. The molecule has 0 aliphatic rings. The van der Waals surface area contributed by atoms with Gasteiger partial charge in [-0.3, -0.25) is 0 Å². The number of nitrogens with one attached hydrogen (secondary N) is 1. The largest absolute Gasteiger partial charge is 0.317 e. The number of hydrogen-bond donors (Lipinski definition) is 1. The zero-order valence-electron chi connectivity index (χ0n) is 11.1. The van der Waals surface area contributed by atoms with Crippen molar-refractivity contribution in [2.75, 3.05) is 13.1 Å². The Kier molecular flexibility index (Phi) is 6.01. The van der Waals surface area contributed by atoms with Crippen LogP contribution in [0.3, 0.4) is 0 Å². The molecule has 1 heterocycles. The molecule has 1 aromatic heterocycles. The average Bonchev–Trinajstić information content (AvgIpc) is 2.89. The molecule has 0 amide bonds. The maximum Gasteiger partial charge on any atom is 0.0928 e. The number of halogens is 1. The van der Waals surface area contributed by atoms with Gasteiger partial charge in [0, 0.05) is 22.5 Å². The van der Waals surface area contributed by atoms with Gasteiger partial charge in [0.05, 0.1) is 5.01 Å². The maximum absolute atomic E-state index is 4.40. The fourth-order valence-electron chi connectivity index (χ4n) is 2.16. The van der Waals surface area contributed by atoms with Gasteiger partial charge in [0.15, 0.2) is 0 Å². The maximum atomic E-state index is 4.40. The van der Waals surface area contributed by atoms with E-state index in [0.717, 1.165) is 30.4 Å². The first kappa shape index (κ1) is 14.7. The molecule has 0 spiro atoms. The fourth-order valence-corrected chi connectivity index (χ4v) is 3.34. The van der Waals surface area contributed by atoms with E-state index in [2.05, 4.69) is 62.8 Å². The Bertz CT molecular complexity index is 485. The summed E-state index contributed by atoms with van der Waals surface area (Å²) in [7, 11) is 0. The quantitative estimate of drug-likeness (QED) is 0.827. The average molecular weight is 339 g/mol. The van der Waals surface area contributed by atoms with Crippen LogP contribution in [-0.2, 0) is 12.8 Å². The van der Waals surface area contributed by atoms with Crippen LogP contribution in [0, 0.1) is 5.92 Å². The van der Waals surface area contributed by atoms with Crippen LogP contribution in [-0.4, -0.2) is 18.1 Å². The van der Waals surface area contributed by atoms with Crippen LogP contribution in [0.15, 0.2) is 40.3 Å². The Morgan fingerprint density at radius 3 is 2.95 bits per heavy atom. The summed E-state index contributed by atoms with van der Waals surface area (Å²) in [6.45, 7) is 4.22. The SMILES string of the molecule is CCNCC(Cc1cccc(Br)c1)Cc1nccs1. The number of rotatable bonds is 7. The summed E-state index contributed by atoms with van der Waals surface area (Å²) < 4.78 is 1.15. The molecule has 1 N–H and O–H groups in total. The van der Waals surface area contributed by atoms with E-state index in [0.29, 0.717) is 5.92 Å². The highest BCUT2D eigenvalue weighted by atomic mass is 79.9. The summed E-state index contributed by atoms with van der Waals surface area (Å²) >= 11 is 5.29. The van der Waals surface area contributed by atoms with Gasteiger partial charge in [0.1, 0.15) is 0 Å². The van der Waals surface area contributed by atoms with Gasteiger partial charge in [-0.15, -0.1) is 11.3 Å². The second-order valence-corrected chi connectivity index (χ2v) is 6.53. The van der Waals surface area contributed by atoms with Gasteiger partial charge >= 0.3 is 0 Å². The van der Waals surface area contributed by atoms with Crippen LogP contribution >= 0.6 is 27.3 Å². The molecule has 4 heteroatoms. The zero-order valence-corrected chi connectivity index (χ0v) is 13.5. The Morgan fingerprint density at radius 1 is 1.37 bits per heavy atom. The van der Waals surface area contributed by atoms with E-state index in [4.69, 9.17) is 0 Å². The van der Waals surface area contributed by atoms with Gasteiger partial charge in [0.25, 0.3) is 0 Å². The lowest BCUT2D eigenvalue weighted by Gasteiger charge is -2.16. The molecule has 0 saturated heterocycles. The van der Waals surface area contributed by atoms with E-state index < -0.39 is 0 Å². The van der Waals surface area contributed by atoms with Crippen molar-refractivity contribution in [1.82, 2.24) is 10.3 Å². The summed E-state index contributed by atoms with van der Waals surface area (Å²) in [4.78, 5) is 4.40. The Hall–Kier alpha value is -0.710. The van der Waals surface area contributed by atoms with Crippen molar-refractivity contribution in [2.45, 2.75) is 19.8 Å². The summed E-state index contributed by atoms with van der Waals surface area (Å²) in [5.74, 6) is 0.598. The van der Waals surface area contributed by atoms with Crippen LogP contribution in [0.4, 0.5) is 0 Å². The molecule has 0 fully saturated rings. The van der Waals surface area contributed by atoms with Crippen molar-refractivity contribution in [1.29, 1.82) is 0 Å². The topological polar surface area (TPSA) is 24.9 Å². The lowest BCUT2D eigenvalue weighted by atomic mass is 9.96. The van der Waals surface area contributed by atoms with Gasteiger partial charge in [-0.2, -0.15) is 0 Å². The molecule has 102 valence electrons. The van der Waals surface area contributed by atoms with E-state index >= 15 is 0 Å². The predicted octanol–water partition coefficient (Wildman–Crippen LogP) is 3.92. The van der Waals surface area contributed by atoms with E-state index in [9.17, 15) is 0 Å². The molecule has 0 bridgehead atoms. The number of thiazole rings is 1. The minimum Gasteiger partial charge on any atom is -0.317 e. The van der Waals surface area contributed by atoms with Crippen molar-refractivity contribution in [3.63, 3.8) is 0 Å². The number of benzene rings is 1. The molecule has 0 aliphatic heterocycles. The third kappa shape index (κ3) is 5.05. The molecule has 0 saturated carbocycles. The minimum atomic E-state index is 0.598. The molecule has 2 rings (SSSR count). The molecule has 2 nitrogen and oxygen atoms in total. The highest BCUT2D eigenvalue weighted by Gasteiger charge is 2.12. The molecule has 1 aromatic carbocycles. The summed E-state index contributed by atoms with van der Waals surface area (Å²) in [5.41, 5.74) is 1.38. The van der Waals surface area contributed by atoms with Crippen LogP contribution < -0.4 is 5.32 Å². The number of aromatic nitrogens is 1. The zero-order chi connectivity index (χ0) is 13.5. The van der Waals surface area contributed by atoms with E-state index in [1.54, 1.807) is 11.3 Å². The van der Waals surface area contributed by atoms with Crippen molar-refractivity contribution in [3.8, 4) is 0 Å². The molecular weight excluding hydrogens is 320 g/mol. The molecule has 1 atom stereocenters. The molecule has 19 heavy (non-hydrogen) atoms. The summed E-state index contributed by atoms with van der Waals surface area (Å²) in [5, 5.41) is 6.75. The first-order valence-electron chi connectivity index (χ1n) is 6.61. The second-order valence-electron chi connectivity index (χ2n) is 4.64. The predicted molar refractivity (Wildman–Crippen MR) is 85.7 cm³/mol. The van der Waals surface area contributed by atoms with Gasteiger partial charge in [-0.25, -0.2) is 4.98 Å². The molecule has 0 aliphatic carbocycles. The second kappa shape index (κ2) is 7.78. The highest BCUT2D eigenvalue weighted by Crippen LogP contribution is 2.18. The van der Waals surface area contributed by atoms with Crippen LogP contribution in [0.25, 0.3) is 0 Å². The molecule has 1 unspecified atom stereocenters. The minimum absolute atomic E-state index is 0.598. The fraction of sp³-hybridized carbons (Fsp3) is 0.400. The number of nitrogens with zero attached hydrogens (tertiary/aromatic N) is 1. The standard InChI is InChI=1S/C15H19BrN2S/c1-2-17-11-13(10-15-18-6-7-19-15)8-12-4-3-5-14(16)9-12/h3-7,9,13,17H,2,8,10-11H2,1H3.